The molecule has 0 aromatic heterocycles. The molecule has 2 heterocycles. The fourth-order valence-corrected chi connectivity index (χ4v) is 4.66. The Hall–Kier alpha value is -2.50. The molecule has 2 aromatic rings. The molecule has 2 unspecified atom stereocenters. The van der Waals surface area contributed by atoms with Crippen LogP contribution in [0.1, 0.15) is 53.6 Å². The van der Waals surface area contributed by atoms with Crippen LogP contribution in [0, 0.1) is 0 Å². The van der Waals surface area contributed by atoms with Gasteiger partial charge in [-0.2, -0.15) is 0 Å². The van der Waals surface area contributed by atoms with Crippen molar-refractivity contribution >= 4 is 11.7 Å². The Morgan fingerprint density at radius 3 is 2.48 bits per heavy atom. The lowest BCUT2D eigenvalue weighted by Gasteiger charge is -2.40. The summed E-state index contributed by atoms with van der Waals surface area (Å²) in [6, 6.07) is 17.1. The number of nitrogens with zero attached hydrogens (tertiary/aromatic N) is 2. The molecule has 2 atom stereocenters. The Kier molecular flexibility index (Phi) is 7.15. The van der Waals surface area contributed by atoms with E-state index in [1.165, 1.54) is 6.42 Å². The number of ketones is 1. The summed E-state index contributed by atoms with van der Waals surface area (Å²) in [6.07, 6.45) is 3.29. The Morgan fingerprint density at radius 2 is 1.71 bits per heavy atom. The van der Waals surface area contributed by atoms with Crippen LogP contribution in [0.25, 0.3) is 0 Å². The fraction of sp³-hybridized carbons (Fsp3) is 0.462. The molecule has 31 heavy (non-hydrogen) atoms. The Labute approximate surface area is 185 Å². The largest absolute Gasteiger partial charge is 0.379 e. The average molecular weight is 421 g/mol. The van der Waals surface area contributed by atoms with E-state index in [-0.39, 0.29) is 23.7 Å². The zero-order valence-electron chi connectivity index (χ0n) is 18.3. The molecule has 2 fully saturated rings. The summed E-state index contributed by atoms with van der Waals surface area (Å²) in [5.74, 6) is -0.110. The molecule has 2 aliphatic rings. The second kappa shape index (κ2) is 10.2. The predicted octanol–water partition coefficient (Wildman–Crippen LogP) is 3.73. The van der Waals surface area contributed by atoms with Gasteiger partial charge in [-0.3, -0.25) is 14.5 Å². The van der Waals surface area contributed by atoms with Crippen LogP contribution in [-0.2, 0) is 9.53 Å². The summed E-state index contributed by atoms with van der Waals surface area (Å²) in [6.45, 7) is 7.15. The van der Waals surface area contributed by atoms with E-state index in [4.69, 9.17) is 4.74 Å². The molecule has 0 saturated carbocycles. The summed E-state index contributed by atoms with van der Waals surface area (Å²) in [5, 5.41) is 0. The maximum absolute atomic E-state index is 13.5. The molecule has 5 heteroatoms. The number of ether oxygens (including phenoxy) is 1. The minimum absolute atomic E-state index is 0.00901. The van der Waals surface area contributed by atoms with Gasteiger partial charge in [0.15, 0.2) is 5.78 Å². The number of hydrogen-bond acceptors (Lipinski definition) is 4. The quantitative estimate of drug-likeness (QED) is 0.668. The summed E-state index contributed by atoms with van der Waals surface area (Å²) in [5.41, 5.74) is 2.20. The molecular weight excluding hydrogens is 388 g/mol. The lowest BCUT2D eigenvalue weighted by Crippen LogP contribution is -2.52. The van der Waals surface area contributed by atoms with Crippen molar-refractivity contribution < 1.29 is 14.3 Å². The number of amides is 1. The standard InChI is InChI=1S/C26H32N2O3/c1-20(22-10-7-11-23(18-22)25(29)21-8-3-2-4-9-21)26(30)28-13-6-5-12-24(28)19-27-14-16-31-17-15-27/h2-4,7-11,18,20,24H,5-6,12-17,19H2,1H3. The number of morpholine rings is 1. The summed E-state index contributed by atoms with van der Waals surface area (Å²) in [7, 11) is 0. The molecule has 4 rings (SSSR count). The molecule has 0 spiro atoms. The smallest absolute Gasteiger partial charge is 0.230 e. The number of carbonyl (C=O) groups is 2. The first kappa shape index (κ1) is 21.7. The van der Waals surface area contributed by atoms with Gasteiger partial charge < -0.3 is 9.64 Å². The molecule has 1 amide bonds. The monoisotopic (exact) mass is 420 g/mol. The third kappa shape index (κ3) is 5.23. The first-order valence-electron chi connectivity index (χ1n) is 11.4. The lowest BCUT2D eigenvalue weighted by atomic mass is 9.93. The van der Waals surface area contributed by atoms with E-state index < -0.39 is 0 Å². The first-order valence-corrected chi connectivity index (χ1v) is 11.4. The van der Waals surface area contributed by atoms with Crippen LogP contribution in [0.5, 0.6) is 0 Å². The minimum Gasteiger partial charge on any atom is -0.379 e. The molecule has 2 aromatic carbocycles. The SMILES string of the molecule is CC(C(=O)N1CCCCC1CN1CCOCC1)c1cccc(C(=O)c2ccccc2)c1. The number of rotatable bonds is 6. The number of carbonyl (C=O) groups excluding carboxylic acids is 2. The van der Waals surface area contributed by atoms with E-state index in [9.17, 15) is 9.59 Å². The average Bonchev–Trinajstić information content (AvgIpc) is 2.84. The minimum atomic E-state index is -0.270. The molecule has 0 bridgehead atoms. The number of piperidine rings is 1. The highest BCUT2D eigenvalue weighted by Crippen LogP contribution is 2.26. The van der Waals surface area contributed by atoms with Crippen LogP contribution in [0.2, 0.25) is 0 Å². The van der Waals surface area contributed by atoms with Crippen LogP contribution in [0.3, 0.4) is 0 Å². The van der Waals surface area contributed by atoms with E-state index in [1.807, 2.05) is 61.5 Å². The van der Waals surface area contributed by atoms with Crippen molar-refractivity contribution in [3.63, 3.8) is 0 Å². The van der Waals surface area contributed by atoms with Crippen molar-refractivity contribution in [3.05, 3.63) is 71.3 Å². The zero-order chi connectivity index (χ0) is 21.6. The maximum Gasteiger partial charge on any atom is 0.230 e. The molecule has 5 nitrogen and oxygen atoms in total. The van der Waals surface area contributed by atoms with Crippen LogP contribution < -0.4 is 0 Å². The van der Waals surface area contributed by atoms with Crippen LogP contribution in [0.4, 0.5) is 0 Å². The third-order valence-corrected chi connectivity index (χ3v) is 6.54. The fourth-order valence-electron chi connectivity index (χ4n) is 4.66. The summed E-state index contributed by atoms with van der Waals surface area (Å²) < 4.78 is 5.47. The molecule has 2 aliphatic heterocycles. The Morgan fingerprint density at radius 1 is 0.968 bits per heavy atom. The van der Waals surface area contributed by atoms with Gasteiger partial charge in [0, 0.05) is 43.3 Å². The van der Waals surface area contributed by atoms with E-state index in [2.05, 4.69) is 9.80 Å². The van der Waals surface area contributed by atoms with E-state index in [0.717, 1.165) is 57.8 Å². The topological polar surface area (TPSA) is 49.9 Å². The van der Waals surface area contributed by atoms with Crippen molar-refractivity contribution in [2.75, 3.05) is 39.4 Å². The van der Waals surface area contributed by atoms with Gasteiger partial charge >= 0.3 is 0 Å². The van der Waals surface area contributed by atoms with Gasteiger partial charge in [-0.25, -0.2) is 0 Å². The van der Waals surface area contributed by atoms with Crippen LogP contribution in [-0.4, -0.2) is 66.9 Å². The van der Waals surface area contributed by atoms with E-state index in [0.29, 0.717) is 11.1 Å². The zero-order valence-corrected chi connectivity index (χ0v) is 18.3. The van der Waals surface area contributed by atoms with Gasteiger partial charge in [0.1, 0.15) is 0 Å². The maximum atomic E-state index is 13.5. The van der Waals surface area contributed by atoms with E-state index in [1.54, 1.807) is 0 Å². The molecular formula is C26H32N2O3. The van der Waals surface area contributed by atoms with Crippen LogP contribution in [0.15, 0.2) is 54.6 Å². The number of hydrogen-bond donors (Lipinski definition) is 0. The van der Waals surface area contributed by atoms with Gasteiger partial charge in [0.2, 0.25) is 5.91 Å². The van der Waals surface area contributed by atoms with Gasteiger partial charge in [0.05, 0.1) is 19.1 Å². The molecule has 0 N–H and O–H groups in total. The second-order valence-electron chi connectivity index (χ2n) is 8.64. The first-order chi connectivity index (χ1) is 15.1. The van der Waals surface area contributed by atoms with Gasteiger partial charge in [0.25, 0.3) is 0 Å². The highest BCUT2D eigenvalue weighted by molar-refractivity contribution is 6.09. The van der Waals surface area contributed by atoms with E-state index >= 15 is 0 Å². The normalized spacial score (nSPS) is 20.9. The number of benzene rings is 2. The highest BCUT2D eigenvalue weighted by Gasteiger charge is 2.32. The van der Waals surface area contributed by atoms with Gasteiger partial charge in [-0.1, -0.05) is 48.5 Å². The van der Waals surface area contributed by atoms with Crippen LogP contribution >= 0.6 is 0 Å². The molecule has 164 valence electrons. The summed E-state index contributed by atoms with van der Waals surface area (Å²) in [4.78, 5) is 30.9. The van der Waals surface area contributed by atoms with Crippen molar-refractivity contribution in [3.8, 4) is 0 Å². The Bertz CT molecular complexity index is 893. The van der Waals surface area contributed by atoms with Gasteiger partial charge in [-0.15, -0.1) is 0 Å². The third-order valence-electron chi connectivity index (χ3n) is 6.54. The molecule has 0 radical (unpaired) electrons. The van der Waals surface area contributed by atoms with Crippen molar-refractivity contribution in [2.24, 2.45) is 0 Å². The lowest BCUT2D eigenvalue weighted by molar-refractivity contribution is -0.136. The predicted molar refractivity (Wildman–Crippen MR) is 121 cm³/mol. The van der Waals surface area contributed by atoms with Crippen molar-refractivity contribution in [2.45, 2.75) is 38.1 Å². The molecule has 2 saturated heterocycles. The molecule has 0 aliphatic carbocycles. The van der Waals surface area contributed by atoms with Gasteiger partial charge in [-0.05, 0) is 37.8 Å². The second-order valence-corrected chi connectivity index (χ2v) is 8.64. The summed E-state index contributed by atoms with van der Waals surface area (Å²) >= 11 is 0. The highest BCUT2D eigenvalue weighted by atomic mass is 16.5. The van der Waals surface area contributed by atoms with Crippen molar-refractivity contribution in [1.82, 2.24) is 9.80 Å². The Balaban J connectivity index is 1.48. The number of likely N-dealkylation sites (tertiary alicyclic amines) is 1. The van der Waals surface area contributed by atoms with Crippen molar-refractivity contribution in [1.29, 1.82) is 0 Å².